The lowest BCUT2D eigenvalue weighted by Gasteiger charge is -2.25. The van der Waals surface area contributed by atoms with Crippen LogP contribution in [0.3, 0.4) is 0 Å². The van der Waals surface area contributed by atoms with Crippen LogP contribution < -0.4 is 10.6 Å². The maximum atomic E-state index is 12.6. The number of hydrogen-bond acceptors (Lipinski definition) is 3. The maximum absolute atomic E-state index is 12.6. The molecule has 0 spiro atoms. The van der Waals surface area contributed by atoms with Gasteiger partial charge in [-0.1, -0.05) is 18.2 Å². The molecule has 2 heterocycles. The second-order valence-electron chi connectivity index (χ2n) is 7.12. The second-order valence-corrected chi connectivity index (χ2v) is 7.12. The molecule has 1 aromatic carbocycles. The van der Waals surface area contributed by atoms with Crippen LogP contribution in [0.25, 0.3) is 10.9 Å². The van der Waals surface area contributed by atoms with E-state index >= 15 is 0 Å². The standard InChI is InChI=1S/C17H22N4O/c1-17(2,19-16(22)14-11-8-18-9-12(11)14)15-10-6-4-5-7-13(10)21(3)20-15/h4-7,11-12,14,18H,8-9H2,1-3H3,(H,19,22)/t11-,12+,14?. The van der Waals surface area contributed by atoms with E-state index in [1.165, 1.54) is 0 Å². The SMILES string of the molecule is Cn1nc(C(C)(C)NC(=O)C2[C@H]3CNC[C@@H]23)c2ccccc21. The van der Waals surface area contributed by atoms with Gasteiger partial charge in [-0.05, 0) is 44.8 Å². The van der Waals surface area contributed by atoms with Crippen molar-refractivity contribution >= 4 is 16.8 Å². The first kappa shape index (κ1) is 13.8. The summed E-state index contributed by atoms with van der Waals surface area (Å²) in [6, 6.07) is 8.15. The summed E-state index contributed by atoms with van der Waals surface area (Å²) in [5.74, 6) is 1.44. The van der Waals surface area contributed by atoms with E-state index in [2.05, 4.69) is 27.9 Å². The minimum Gasteiger partial charge on any atom is -0.345 e. The average molecular weight is 298 g/mol. The van der Waals surface area contributed by atoms with Crippen molar-refractivity contribution in [2.75, 3.05) is 13.1 Å². The monoisotopic (exact) mass is 298 g/mol. The number of aryl methyl sites for hydroxylation is 1. The molecule has 5 nitrogen and oxygen atoms in total. The zero-order valence-corrected chi connectivity index (χ0v) is 13.3. The minimum atomic E-state index is -0.470. The van der Waals surface area contributed by atoms with Gasteiger partial charge in [-0.15, -0.1) is 0 Å². The highest BCUT2D eigenvalue weighted by Crippen LogP contribution is 2.49. The summed E-state index contributed by atoms with van der Waals surface area (Å²) in [6.45, 7) is 6.04. The van der Waals surface area contributed by atoms with Crippen molar-refractivity contribution in [2.24, 2.45) is 24.8 Å². The molecule has 3 atom stereocenters. The number of aromatic nitrogens is 2. The summed E-state index contributed by atoms with van der Waals surface area (Å²) >= 11 is 0. The number of amides is 1. The van der Waals surface area contributed by atoms with Gasteiger partial charge < -0.3 is 10.6 Å². The molecular formula is C17H22N4O. The first-order valence-corrected chi connectivity index (χ1v) is 7.94. The number of para-hydroxylation sites is 1. The number of piperidine rings is 1. The predicted octanol–water partition coefficient (Wildman–Crippen LogP) is 1.39. The van der Waals surface area contributed by atoms with E-state index in [1.54, 1.807) is 0 Å². The van der Waals surface area contributed by atoms with E-state index in [4.69, 9.17) is 0 Å². The molecule has 22 heavy (non-hydrogen) atoms. The van der Waals surface area contributed by atoms with Gasteiger partial charge in [-0.25, -0.2) is 0 Å². The highest BCUT2D eigenvalue weighted by atomic mass is 16.2. The molecule has 1 aromatic heterocycles. The number of carbonyl (C=O) groups excluding carboxylic acids is 1. The van der Waals surface area contributed by atoms with Crippen LogP contribution >= 0.6 is 0 Å². The molecule has 1 aliphatic heterocycles. The fourth-order valence-electron chi connectivity index (χ4n) is 3.93. The highest BCUT2D eigenvalue weighted by molar-refractivity contribution is 5.86. The van der Waals surface area contributed by atoms with Gasteiger partial charge >= 0.3 is 0 Å². The normalized spacial score (nSPS) is 27.0. The summed E-state index contributed by atoms with van der Waals surface area (Å²) in [7, 11) is 1.95. The van der Waals surface area contributed by atoms with Crippen LogP contribution in [0.15, 0.2) is 24.3 Å². The third-order valence-electron chi connectivity index (χ3n) is 5.18. The minimum absolute atomic E-state index is 0.177. The Balaban J connectivity index is 1.61. The van der Waals surface area contributed by atoms with E-state index < -0.39 is 5.54 Å². The molecule has 5 heteroatoms. The molecule has 2 fully saturated rings. The number of nitrogens with zero attached hydrogens (tertiary/aromatic N) is 2. The van der Waals surface area contributed by atoms with Crippen molar-refractivity contribution < 1.29 is 4.79 Å². The molecule has 0 radical (unpaired) electrons. The van der Waals surface area contributed by atoms with Crippen molar-refractivity contribution in [1.82, 2.24) is 20.4 Å². The molecule has 0 bridgehead atoms. The van der Waals surface area contributed by atoms with Crippen LogP contribution in [0.5, 0.6) is 0 Å². The lowest BCUT2D eigenvalue weighted by Crippen LogP contribution is -2.43. The molecule has 116 valence electrons. The van der Waals surface area contributed by atoms with Gasteiger partial charge in [0, 0.05) is 18.4 Å². The molecule has 1 amide bonds. The molecule has 1 saturated heterocycles. The largest absolute Gasteiger partial charge is 0.345 e. The number of carbonyl (C=O) groups is 1. The zero-order chi connectivity index (χ0) is 15.5. The zero-order valence-electron chi connectivity index (χ0n) is 13.3. The number of fused-ring (bicyclic) bond motifs is 2. The van der Waals surface area contributed by atoms with Gasteiger partial charge in [-0.2, -0.15) is 5.10 Å². The first-order chi connectivity index (χ1) is 10.5. The van der Waals surface area contributed by atoms with Gasteiger partial charge in [0.1, 0.15) is 0 Å². The molecule has 2 aliphatic rings. The first-order valence-electron chi connectivity index (χ1n) is 7.94. The van der Waals surface area contributed by atoms with Crippen molar-refractivity contribution in [3.8, 4) is 0 Å². The van der Waals surface area contributed by atoms with E-state index in [9.17, 15) is 4.79 Å². The Bertz CT molecular complexity index is 738. The Kier molecular flexibility index (Phi) is 2.85. The molecular weight excluding hydrogens is 276 g/mol. The lowest BCUT2D eigenvalue weighted by molar-refractivity contribution is -0.124. The maximum Gasteiger partial charge on any atom is 0.224 e. The summed E-state index contributed by atoms with van der Waals surface area (Å²) in [5, 5.41) is 12.3. The number of benzene rings is 1. The van der Waals surface area contributed by atoms with Crippen LogP contribution in [0.4, 0.5) is 0 Å². The topological polar surface area (TPSA) is 59.0 Å². The fraction of sp³-hybridized carbons (Fsp3) is 0.529. The van der Waals surface area contributed by atoms with Crippen LogP contribution in [-0.2, 0) is 17.4 Å². The molecule has 2 N–H and O–H groups in total. The molecule has 1 saturated carbocycles. The van der Waals surface area contributed by atoms with Gasteiger partial charge in [0.15, 0.2) is 0 Å². The van der Waals surface area contributed by atoms with Crippen molar-refractivity contribution in [1.29, 1.82) is 0 Å². The Morgan fingerprint density at radius 1 is 1.32 bits per heavy atom. The molecule has 4 rings (SSSR count). The van der Waals surface area contributed by atoms with Crippen molar-refractivity contribution in [2.45, 2.75) is 19.4 Å². The Morgan fingerprint density at radius 2 is 2.00 bits per heavy atom. The van der Waals surface area contributed by atoms with Crippen LogP contribution in [0, 0.1) is 17.8 Å². The third kappa shape index (κ3) is 1.96. The molecule has 2 aromatic rings. The lowest BCUT2D eigenvalue weighted by atomic mass is 9.96. The van der Waals surface area contributed by atoms with E-state index in [0.29, 0.717) is 11.8 Å². The number of nitrogens with one attached hydrogen (secondary N) is 2. The quantitative estimate of drug-likeness (QED) is 0.900. The summed E-state index contributed by atoms with van der Waals surface area (Å²) in [6.07, 6.45) is 0. The third-order valence-corrected chi connectivity index (χ3v) is 5.18. The summed E-state index contributed by atoms with van der Waals surface area (Å²) in [4.78, 5) is 12.6. The van der Waals surface area contributed by atoms with Crippen LogP contribution in [0.2, 0.25) is 0 Å². The van der Waals surface area contributed by atoms with Gasteiger partial charge in [0.05, 0.1) is 16.7 Å². The number of rotatable bonds is 3. The summed E-state index contributed by atoms with van der Waals surface area (Å²) in [5.41, 5.74) is 1.55. The Morgan fingerprint density at radius 3 is 2.73 bits per heavy atom. The van der Waals surface area contributed by atoms with Gasteiger partial charge in [0.25, 0.3) is 0 Å². The van der Waals surface area contributed by atoms with E-state index in [1.807, 2.05) is 37.7 Å². The van der Waals surface area contributed by atoms with Crippen molar-refractivity contribution in [3.63, 3.8) is 0 Å². The number of hydrogen-bond donors (Lipinski definition) is 2. The van der Waals surface area contributed by atoms with Crippen LogP contribution in [-0.4, -0.2) is 28.8 Å². The molecule has 1 unspecified atom stereocenters. The smallest absolute Gasteiger partial charge is 0.224 e. The Hall–Kier alpha value is -1.88. The van der Waals surface area contributed by atoms with E-state index in [0.717, 1.165) is 29.7 Å². The predicted molar refractivity (Wildman–Crippen MR) is 85.2 cm³/mol. The fourth-order valence-corrected chi connectivity index (χ4v) is 3.93. The Labute approximate surface area is 130 Å². The van der Waals surface area contributed by atoms with Crippen LogP contribution in [0.1, 0.15) is 19.5 Å². The van der Waals surface area contributed by atoms with Crippen molar-refractivity contribution in [3.05, 3.63) is 30.0 Å². The van der Waals surface area contributed by atoms with E-state index in [-0.39, 0.29) is 11.8 Å². The average Bonchev–Trinajstić information content (AvgIpc) is 2.82. The van der Waals surface area contributed by atoms with Gasteiger partial charge in [-0.3, -0.25) is 9.48 Å². The molecule has 1 aliphatic carbocycles. The second kappa shape index (κ2) is 4.56. The van der Waals surface area contributed by atoms with Gasteiger partial charge in [0.2, 0.25) is 5.91 Å². The highest BCUT2D eigenvalue weighted by Gasteiger charge is 2.57. The summed E-state index contributed by atoms with van der Waals surface area (Å²) < 4.78 is 1.88.